The van der Waals surface area contributed by atoms with Gasteiger partial charge < -0.3 is 0 Å². The zero-order chi connectivity index (χ0) is 13.8. The van der Waals surface area contributed by atoms with Crippen molar-refractivity contribution in [3.8, 4) is 0 Å². The molecule has 0 aliphatic rings. The van der Waals surface area contributed by atoms with Crippen molar-refractivity contribution in [1.82, 2.24) is 25.3 Å². The van der Waals surface area contributed by atoms with Gasteiger partial charge in [-0.25, -0.2) is 5.43 Å². The Hall–Kier alpha value is -0.980. The molecule has 1 rings (SSSR count). The van der Waals surface area contributed by atoms with Gasteiger partial charge in [0, 0.05) is 12.6 Å². The minimum absolute atomic E-state index is 0.00222. The van der Waals surface area contributed by atoms with Crippen LogP contribution < -0.4 is 11.3 Å². The molecule has 2 atom stereocenters. The standard InChI is InChI=1S/C12H26N6/c1-6-12(4,18(7-2)8-3)11(15-13)10-9-14-16-17(10)5/h9,11,15H,6-8,13H2,1-5H3. The van der Waals surface area contributed by atoms with Gasteiger partial charge in [0.15, 0.2) is 0 Å². The summed E-state index contributed by atoms with van der Waals surface area (Å²) in [6.45, 7) is 10.7. The Bertz CT molecular complexity index is 359. The van der Waals surface area contributed by atoms with E-state index in [0.29, 0.717) is 0 Å². The molecule has 0 spiro atoms. The molecular weight excluding hydrogens is 228 g/mol. The lowest BCUT2D eigenvalue weighted by Gasteiger charge is -2.45. The molecule has 0 saturated heterocycles. The molecule has 0 aromatic carbocycles. The molecule has 0 fully saturated rings. The van der Waals surface area contributed by atoms with E-state index in [1.54, 1.807) is 10.9 Å². The zero-order valence-corrected chi connectivity index (χ0v) is 12.1. The van der Waals surface area contributed by atoms with Crippen LogP contribution in [0.15, 0.2) is 6.20 Å². The number of nitrogens with two attached hydrogens (primary N) is 1. The Balaban J connectivity index is 3.14. The van der Waals surface area contributed by atoms with Crippen LogP contribution in [0.1, 0.15) is 45.9 Å². The van der Waals surface area contributed by atoms with Crippen molar-refractivity contribution in [2.75, 3.05) is 13.1 Å². The van der Waals surface area contributed by atoms with E-state index >= 15 is 0 Å². The summed E-state index contributed by atoms with van der Waals surface area (Å²) in [6, 6.07) is 0.00222. The van der Waals surface area contributed by atoms with Crippen molar-refractivity contribution in [2.45, 2.75) is 45.7 Å². The largest absolute Gasteiger partial charge is 0.296 e. The van der Waals surface area contributed by atoms with E-state index in [1.807, 2.05) is 7.05 Å². The number of aryl methyl sites for hydroxylation is 1. The fraction of sp³-hybridized carbons (Fsp3) is 0.833. The van der Waals surface area contributed by atoms with Gasteiger partial charge in [0.25, 0.3) is 0 Å². The van der Waals surface area contributed by atoms with E-state index in [2.05, 4.69) is 48.3 Å². The topological polar surface area (TPSA) is 72.0 Å². The minimum Gasteiger partial charge on any atom is -0.296 e. The maximum absolute atomic E-state index is 5.80. The number of hydrogen-bond acceptors (Lipinski definition) is 5. The highest BCUT2D eigenvalue weighted by Gasteiger charge is 2.39. The van der Waals surface area contributed by atoms with Gasteiger partial charge in [0.05, 0.1) is 17.9 Å². The van der Waals surface area contributed by atoms with E-state index in [0.717, 1.165) is 25.2 Å². The summed E-state index contributed by atoms with van der Waals surface area (Å²) in [5, 5.41) is 7.95. The van der Waals surface area contributed by atoms with Crippen molar-refractivity contribution >= 4 is 0 Å². The molecule has 0 saturated carbocycles. The van der Waals surface area contributed by atoms with E-state index in [9.17, 15) is 0 Å². The Morgan fingerprint density at radius 2 is 2.06 bits per heavy atom. The first-order valence-electron chi connectivity index (χ1n) is 6.60. The second-order valence-corrected chi connectivity index (χ2v) is 4.77. The van der Waals surface area contributed by atoms with Gasteiger partial charge in [-0.1, -0.05) is 26.0 Å². The average Bonchev–Trinajstić information content (AvgIpc) is 2.78. The number of likely N-dealkylation sites (N-methyl/N-ethyl adjacent to an activating group) is 1. The van der Waals surface area contributed by atoms with Crippen molar-refractivity contribution in [3.05, 3.63) is 11.9 Å². The normalized spacial score (nSPS) is 16.8. The third kappa shape index (κ3) is 2.55. The van der Waals surface area contributed by atoms with Crippen LogP contribution in [0.25, 0.3) is 0 Å². The molecule has 2 unspecified atom stereocenters. The van der Waals surface area contributed by atoms with Gasteiger partial charge >= 0.3 is 0 Å². The molecule has 0 amide bonds. The third-order valence-electron chi connectivity index (χ3n) is 4.04. The first kappa shape index (κ1) is 15.1. The van der Waals surface area contributed by atoms with Crippen molar-refractivity contribution in [3.63, 3.8) is 0 Å². The second-order valence-electron chi connectivity index (χ2n) is 4.77. The molecule has 104 valence electrons. The van der Waals surface area contributed by atoms with E-state index in [-0.39, 0.29) is 11.6 Å². The Labute approximate surface area is 109 Å². The first-order chi connectivity index (χ1) is 8.54. The number of rotatable bonds is 7. The van der Waals surface area contributed by atoms with E-state index in [1.165, 1.54) is 0 Å². The van der Waals surface area contributed by atoms with Crippen LogP contribution in [0.2, 0.25) is 0 Å². The summed E-state index contributed by atoms with van der Waals surface area (Å²) in [5.74, 6) is 5.80. The summed E-state index contributed by atoms with van der Waals surface area (Å²) in [7, 11) is 1.89. The van der Waals surface area contributed by atoms with Gasteiger partial charge in [-0.2, -0.15) is 0 Å². The Kier molecular flexibility index (Phi) is 5.25. The summed E-state index contributed by atoms with van der Waals surface area (Å²) < 4.78 is 1.78. The number of hydrogen-bond donors (Lipinski definition) is 2. The molecular formula is C12H26N6. The van der Waals surface area contributed by atoms with Gasteiger partial charge in [-0.05, 0) is 26.4 Å². The lowest BCUT2D eigenvalue weighted by Crippen LogP contribution is -2.56. The molecule has 3 N–H and O–H groups in total. The summed E-state index contributed by atoms with van der Waals surface area (Å²) in [6.07, 6.45) is 2.77. The maximum atomic E-state index is 5.80. The number of nitrogens with zero attached hydrogens (tertiary/aromatic N) is 4. The van der Waals surface area contributed by atoms with E-state index in [4.69, 9.17) is 5.84 Å². The van der Waals surface area contributed by atoms with Crippen molar-refractivity contribution < 1.29 is 0 Å². The Morgan fingerprint density at radius 3 is 2.39 bits per heavy atom. The van der Waals surface area contributed by atoms with Crippen LogP contribution in [0.3, 0.4) is 0 Å². The number of hydrazine groups is 1. The van der Waals surface area contributed by atoms with E-state index < -0.39 is 0 Å². The summed E-state index contributed by atoms with van der Waals surface area (Å²) >= 11 is 0. The van der Waals surface area contributed by atoms with Gasteiger partial charge in [0.2, 0.25) is 0 Å². The summed E-state index contributed by atoms with van der Waals surface area (Å²) in [4.78, 5) is 2.42. The zero-order valence-electron chi connectivity index (χ0n) is 12.1. The summed E-state index contributed by atoms with van der Waals surface area (Å²) in [5.41, 5.74) is 3.89. The minimum atomic E-state index is -0.0618. The smallest absolute Gasteiger partial charge is 0.0825 e. The van der Waals surface area contributed by atoms with Crippen LogP contribution in [0.5, 0.6) is 0 Å². The molecule has 0 bridgehead atoms. The third-order valence-corrected chi connectivity index (χ3v) is 4.04. The van der Waals surface area contributed by atoms with Crippen molar-refractivity contribution in [1.29, 1.82) is 0 Å². The number of nitrogens with one attached hydrogen (secondary N) is 1. The fourth-order valence-corrected chi connectivity index (χ4v) is 2.70. The lowest BCUT2D eigenvalue weighted by molar-refractivity contribution is 0.0668. The lowest BCUT2D eigenvalue weighted by atomic mass is 9.85. The van der Waals surface area contributed by atoms with Crippen LogP contribution in [0.4, 0.5) is 0 Å². The molecule has 1 aromatic heterocycles. The monoisotopic (exact) mass is 254 g/mol. The molecule has 1 heterocycles. The highest BCUT2D eigenvalue weighted by molar-refractivity contribution is 5.11. The predicted octanol–water partition coefficient (Wildman–Crippen LogP) is 0.830. The van der Waals surface area contributed by atoms with Crippen molar-refractivity contribution in [2.24, 2.45) is 12.9 Å². The van der Waals surface area contributed by atoms with Crippen LogP contribution in [-0.4, -0.2) is 38.5 Å². The molecule has 0 radical (unpaired) electrons. The Morgan fingerprint density at radius 1 is 1.44 bits per heavy atom. The molecule has 0 aliphatic heterocycles. The fourth-order valence-electron chi connectivity index (χ4n) is 2.70. The molecule has 6 nitrogen and oxygen atoms in total. The molecule has 6 heteroatoms. The van der Waals surface area contributed by atoms with Crippen LogP contribution in [-0.2, 0) is 7.05 Å². The number of aromatic nitrogens is 3. The van der Waals surface area contributed by atoms with Gasteiger partial charge in [-0.15, -0.1) is 5.10 Å². The second kappa shape index (κ2) is 6.26. The maximum Gasteiger partial charge on any atom is 0.0825 e. The predicted molar refractivity (Wildman–Crippen MR) is 72.7 cm³/mol. The molecule has 0 aliphatic carbocycles. The average molecular weight is 254 g/mol. The van der Waals surface area contributed by atoms with Crippen LogP contribution >= 0.6 is 0 Å². The molecule has 1 aromatic rings. The highest BCUT2D eigenvalue weighted by atomic mass is 15.4. The molecule has 18 heavy (non-hydrogen) atoms. The van der Waals surface area contributed by atoms with Crippen LogP contribution in [0, 0.1) is 0 Å². The first-order valence-corrected chi connectivity index (χ1v) is 6.60. The van der Waals surface area contributed by atoms with Gasteiger partial charge in [0.1, 0.15) is 0 Å². The highest BCUT2D eigenvalue weighted by Crippen LogP contribution is 2.32. The van der Waals surface area contributed by atoms with Gasteiger partial charge in [-0.3, -0.25) is 15.4 Å². The quantitative estimate of drug-likeness (QED) is 0.557. The SMILES string of the molecule is CCN(CC)C(C)(CC)C(NN)c1cnnn1C.